The number of carbonyl (C=O) groups excluding carboxylic acids is 2. The molecule has 2 aliphatic heterocycles. The first-order valence-corrected chi connectivity index (χ1v) is 12.5. The van der Waals surface area contributed by atoms with Crippen LogP contribution >= 0.6 is 0 Å². The second kappa shape index (κ2) is 8.79. The molecule has 8 nitrogen and oxygen atoms in total. The van der Waals surface area contributed by atoms with Gasteiger partial charge in [-0.1, -0.05) is 17.7 Å². The minimum absolute atomic E-state index is 0.0965. The number of anilines is 2. The summed E-state index contributed by atoms with van der Waals surface area (Å²) in [6, 6.07) is 10.8. The SMILES string of the molecule is Cc1ccc(N(C)C(=O)[C@@H]2CCCN(S(=O)(=O)c3cc4c(cc3C)NC(=O)[C@@H](C)O4)C2)cc1. The number of hydrogen-bond acceptors (Lipinski definition) is 5. The predicted molar refractivity (Wildman–Crippen MR) is 126 cm³/mol. The highest BCUT2D eigenvalue weighted by atomic mass is 32.2. The Labute approximate surface area is 194 Å². The minimum atomic E-state index is -3.85. The average molecular weight is 472 g/mol. The van der Waals surface area contributed by atoms with E-state index in [1.54, 1.807) is 31.9 Å². The second-order valence-electron chi connectivity index (χ2n) is 8.80. The molecule has 2 aromatic carbocycles. The number of sulfonamides is 1. The van der Waals surface area contributed by atoms with Gasteiger partial charge < -0.3 is 15.0 Å². The average Bonchev–Trinajstić information content (AvgIpc) is 2.79. The molecule has 33 heavy (non-hydrogen) atoms. The van der Waals surface area contributed by atoms with E-state index in [0.29, 0.717) is 36.4 Å². The summed E-state index contributed by atoms with van der Waals surface area (Å²) in [4.78, 5) is 26.8. The van der Waals surface area contributed by atoms with E-state index in [2.05, 4.69) is 5.32 Å². The third-order valence-electron chi connectivity index (χ3n) is 6.31. The quantitative estimate of drug-likeness (QED) is 0.739. The normalized spacial score (nSPS) is 21.0. The van der Waals surface area contributed by atoms with Crippen molar-refractivity contribution in [1.82, 2.24) is 4.31 Å². The van der Waals surface area contributed by atoms with Gasteiger partial charge in [0.25, 0.3) is 5.91 Å². The molecule has 176 valence electrons. The zero-order valence-corrected chi connectivity index (χ0v) is 20.1. The van der Waals surface area contributed by atoms with E-state index in [1.807, 2.05) is 31.2 Å². The molecule has 0 aliphatic carbocycles. The van der Waals surface area contributed by atoms with E-state index >= 15 is 0 Å². The number of nitrogens with one attached hydrogen (secondary N) is 1. The van der Waals surface area contributed by atoms with Gasteiger partial charge in [0, 0.05) is 31.9 Å². The predicted octanol–water partition coefficient (Wildman–Crippen LogP) is 3.09. The van der Waals surface area contributed by atoms with Gasteiger partial charge in [-0.25, -0.2) is 8.42 Å². The van der Waals surface area contributed by atoms with Crippen LogP contribution in [0.5, 0.6) is 5.75 Å². The number of nitrogens with zero attached hydrogens (tertiary/aromatic N) is 2. The molecule has 0 saturated carbocycles. The number of ether oxygens (including phenoxy) is 1. The monoisotopic (exact) mass is 471 g/mol. The molecule has 4 rings (SSSR count). The highest BCUT2D eigenvalue weighted by Gasteiger charge is 2.36. The maximum atomic E-state index is 13.5. The Bertz CT molecular complexity index is 1190. The maximum absolute atomic E-state index is 13.5. The van der Waals surface area contributed by atoms with Crippen molar-refractivity contribution in [3.05, 3.63) is 47.5 Å². The van der Waals surface area contributed by atoms with E-state index in [4.69, 9.17) is 4.74 Å². The van der Waals surface area contributed by atoms with Crippen LogP contribution in [0.15, 0.2) is 41.3 Å². The number of fused-ring (bicyclic) bond motifs is 1. The van der Waals surface area contributed by atoms with E-state index in [9.17, 15) is 18.0 Å². The van der Waals surface area contributed by atoms with Crippen molar-refractivity contribution in [3.63, 3.8) is 0 Å². The maximum Gasteiger partial charge on any atom is 0.265 e. The first-order valence-electron chi connectivity index (χ1n) is 11.0. The number of amides is 2. The van der Waals surface area contributed by atoms with Crippen LogP contribution in [0.1, 0.15) is 30.9 Å². The molecule has 2 aromatic rings. The van der Waals surface area contributed by atoms with Crippen LogP contribution < -0.4 is 15.0 Å². The van der Waals surface area contributed by atoms with Crippen molar-refractivity contribution < 1.29 is 22.7 Å². The van der Waals surface area contributed by atoms with Crippen molar-refractivity contribution >= 4 is 33.2 Å². The Morgan fingerprint density at radius 2 is 1.88 bits per heavy atom. The number of carbonyl (C=O) groups is 2. The first kappa shape index (κ1) is 23.3. The summed E-state index contributed by atoms with van der Waals surface area (Å²) in [6.07, 6.45) is 0.534. The molecule has 1 N–H and O–H groups in total. The Morgan fingerprint density at radius 1 is 1.18 bits per heavy atom. The molecule has 1 saturated heterocycles. The van der Waals surface area contributed by atoms with Crippen LogP contribution in [0.2, 0.25) is 0 Å². The summed E-state index contributed by atoms with van der Waals surface area (Å²) in [5.41, 5.74) is 2.86. The fourth-order valence-electron chi connectivity index (χ4n) is 4.29. The minimum Gasteiger partial charge on any atom is -0.479 e. The Balaban J connectivity index is 1.56. The van der Waals surface area contributed by atoms with Crippen molar-refractivity contribution in [1.29, 1.82) is 0 Å². The fraction of sp³-hybridized carbons (Fsp3) is 0.417. The van der Waals surface area contributed by atoms with Crippen LogP contribution in [-0.4, -0.2) is 50.8 Å². The van der Waals surface area contributed by atoms with Gasteiger partial charge in [-0.3, -0.25) is 9.59 Å². The molecule has 0 radical (unpaired) electrons. The third-order valence-corrected chi connectivity index (χ3v) is 8.32. The molecule has 0 spiro atoms. The van der Waals surface area contributed by atoms with Crippen LogP contribution in [0.25, 0.3) is 0 Å². The standard InChI is InChI=1S/C24H29N3O5S/c1-15-7-9-19(10-8-15)26(4)24(29)18-6-5-11-27(14-18)33(30,31)22-13-21-20(12-16(22)2)25-23(28)17(3)32-21/h7-10,12-13,17-18H,5-6,11,14H2,1-4H3,(H,25,28)/t17-,18-/m1/s1. The molecule has 2 aliphatic rings. The van der Waals surface area contributed by atoms with Gasteiger partial charge in [-0.05, 0) is 57.4 Å². The molecular weight excluding hydrogens is 442 g/mol. The summed E-state index contributed by atoms with van der Waals surface area (Å²) < 4.78 is 34.1. The van der Waals surface area contributed by atoms with Crippen molar-refractivity contribution in [2.75, 3.05) is 30.4 Å². The lowest BCUT2D eigenvalue weighted by molar-refractivity contribution is -0.123. The van der Waals surface area contributed by atoms with E-state index in [0.717, 1.165) is 11.3 Å². The van der Waals surface area contributed by atoms with Crippen molar-refractivity contribution in [2.24, 2.45) is 5.92 Å². The van der Waals surface area contributed by atoms with Crippen LogP contribution in [0.4, 0.5) is 11.4 Å². The van der Waals surface area contributed by atoms with E-state index < -0.39 is 22.0 Å². The van der Waals surface area contributed by atoms with Gasteiger partial charge in [0.2, 0.25) is 15.9 Å². The van der Waals surface area contributed by atoms with Gasteiger partial charge in [0.15, 0.2) is 6.10 Å². The number of benzene rings is 2. The van der Waals surface area contributed by atoms with E-state index in [-0.39, 0.29) is 23.3 Å². The topological polar surface area (TPSA) is 96.0 Å². The lowest BCUT2D eigenvalue weighted by Crippen LogP contribution is -2.46. The summed E-state index contributed by atoms with van der Waals surface area (Å²) in [5.74, 6) is -0.461. The highest BCUT2D eigenvalue weighted by molar-refractivity contribution is 7.89. The Kier molecular flexibility index (Phi) is 6.20. The molecule has 2 amide bonds. The molecule has 1 fully saturated rings. The Morgan fingerprint density at radius 3 is 2.58 bits per heavy atom. The molecule has 0 bridgehead atoms. The van der Waals surface area contributed by atoms with Gasteiger partial charge in [0.05, 0.1) is 16.5 Å². The van der Waals surface area contributed by atoms with Crippen molar-refractivity contribution in [3.8, 4) is 5.75 Å². The fourth-order valence-corrected chi connectivity index (χ4v) is 6.04. The zero-order valence-electron chi connectivity index (χ0n) is 19.3. The highest BCUT2D eigenvalue weighted by Crippen LogP contribution is 2.36. The summed E-state index contributed by atoms with van der Waals surface area (Å²) in [6.45, 7) is 5.76. The Hall–Kier alpha value is -2.91. The van der Waals surface area contributed by atoms with Gasteiger partial charge in [-0.15, -0.1) is 0 Å². The molecular formula is C24H29N3O5S. The van der Waals surface area contributed by atoms with Crippen LogP contribution in [0.3, 0.4) is 0 Å². The summed E-state index contributed by atoms with van der Waals surface area (Å²) in [7, 11) is -2.13. The largest absolute Gasteiger partial charge is 0.479 e. The third kappa shape index (κ3) is 4.47. The molecule has 2 heterocycles. The summed E-state index contributed by atoms with van der Waals surface area (Å²) in [5, 5.41) is 2.74. The number of hydrogen-bond donors (Lipinski definition) is 1. The molecule has 9 heteroatoms. The number of aryl methyl sites for hydroxylation is 2. The molecule has 2 atom stereocenters. The van der Waals surface area contributed by atoms with Gasteiger partial charge in [-0.2, -0.15) is 4.31 Å². The second-order valence-corrected chi connectivity index (χ2v) is 10.7. The number of rotatable bonds is 4. The lowest BCUT2D eigenvalue weighted by atomic mass is 9.98. The molecule has 0 aromatic heterocycles. The number of piperidine rings is 1. The van der Waals surface area contributed by atoms with Crippen molar-refractivity contribution in [2.45, 2.75) is 44.6 Å². The van der Waals surface area contributed by atoms with Gasteiger partial charge >= 0.3 is 0 Å². The zero-order chi connectivity index (χ0) is 23.9. The van der Waals surface area contributed by atoms with Gasteiger partial charge in [0.1, 0.15) is 5.75 Å². The van der Waals surface area contributed by atoms with Crippen LogP contribution in [-0.2, 0) is 19.6 Å². The molecule has 0 unspecified atom stereocenters. The van der Waals surface area contributed by atoms with Crippen LogP contribution in [0, 0.1) is 19.8 Å². The lowest BCUT2D eigenvalue weighted by Gasteiger charge is -2.34. The summed E-state index contributed by atoms with van der Waals surface area (Å²) >= 11 is 0. The van der Waals surface area contributed by atoms with E-state index in [1.165, 1.54) is 10.4 Å². The first-order chi connectivity index (χ1) is 15.6. The smallest absolute Gasteiger partial charge is 0.265 e.